The number of carbonyl (C=O) groups is 1. The van der Waals surface area contributed by atoms with Crippen molar-refractivity contribution in [3.8, 4) is 5.75 Å². The fraction of sp³-hybridized carbons (Fsp3) is 0.350. The van der Waals surface area contributed by atoms with Gasteiger partial charge in [-0.1, -0.05) is 29.8 Å². The van der Waals surface area contributed by atoms with Crippen LogP contribution in [-0.4, -0.2) is 44.1 Å². The molecule has 1 heterocycles. The van der Waals surface area contributed by atoms with Crippen molar-refractivity contribution in [1.29, 1.82) is 0 Å². The number of likely N-dealkylation sites (N-methyl/N-ethyl adjacent to an activating group) is 1. The van der Waals surface area contributed by atoms with Crippen LogP contribution < -0.4 is 9.64 Å². The van der Waals surface area contributed by atoms with Crippen molar-refractivity contribution in [3.63, 3.8) is 0 Å². The Morgan fingerprint density at radius 3 is 2.72 bits per heavy atom. The molecule has 2 aromatic carbocycles. The van der Waals surface area contributed by atoms with Gasteiger partial charge < -0.3 is 14.5 Å². The third kappa shape index (κ3) is 4.74. The summed E-state index contributed by atoms with van der Waals surface area (Å²) in [6.45, 7) is 2.87. The topological polar surface area (TPSA) is 32.8 Å². The maximum Gasteiger partial charge on any atom is 0.228 e. The summed E-state index contributed by atoms with van der Waals surface area (Å²) in [4.78, 5) is 16.5. The van der Waals surface area contributed by atoms with Crippen LogP contribution in [0.2, 0.25) is 5.02 Å². The van der Waals surface area contributed by atoms with Gasteiger partial charge in [0.1, 0.15) is 12.4 Å². The fourth-order valence-corrected chi connectivity index (χ4v) is 3.11. The molecule has 0 atom stereocenters. The lowest BCUT2D eigenvalue weighted by Crippen LogP contribution is -2.33. The molecule has 1 amide bonds. The third-order valence-corrected chi connectivity index (χ3v) is 4.70. The molecule has 0 spiro atoms. The highest BCUT2D eigenvalue weighted by Crippen LogP contribution is 2.27. The molecule has 0 fully saturated rings. The lowest BCUT2D eigenvalue weighted by molar-refractivity contribution is -0.118. The van der Waals surface area contributed by atoms with Crippen molar-refractivity contribution in [1.82, 2.24) is 4.90 Å². The molecule has 0 radical (unpaired) electrons. The van der Waals surface area contributed by atoms with Crippen LogP contribution in [0.5, 0.6) is 5.75 Å². The Bertz CT molecular complexity index is 718. The number of hydrogen-bond acceptors (Lipinski definition) is 3. The summed E-state index contributed by atoms with van der Waals surface area (Å²) in [7, 11) is 2.01. The van der Waals surface area contributed by atoms with E-state index in [2.05, 4.69) is 11.0 Å². The summed E-state index contributed by atoms with van der Waals surface area (Å²) in [5, 5.41) is 0.700. The van der Waals surface area contributed by atoms with Gasteiger partial charge in [0.15, 0.2) is 0 Å². The molecule has 2 aromatic rings. The minimum atomic E-state index is 0.190. The highest BCUT2D eigenvalue weighted by atomic mass is 35.5. The van der Waals surface area contributed by atoms with E-state index in [-0.39, 0.29) is 5.91 Å². The number of carbonyl (C=O) groups excluding carboxylic acids is 1. The first-order chi connectivity index (χ1) is 12.1. The molecule has 0 bridgehead atoms. The van der Waals surface area contributed by atoms with E-state index in [9.17, 15) is 4.79 Å². The molecule has 5 heteroatoms. The SMILES string of the molecule is CN(CCOc1ccc(Cl)cc1)CCC(=O)N1CCc2ccccc21. The molecular formula is C20H23ClN2O2. The number of halogens is 1. The molecule has 1 aliphatic heterocycles. The summed E-state index contributed by atoms with van der Waals surface area (Å²) in [5.41, 5.74) is 2.33. The summed E-state index contributed by atoms with van der Waals surface area (Å²) < 4.78 is 5.69. The molecule has 25 heavy (non-hydrogen) atoms. The van der Waals surface area contributed by atoms with Crippen molar-refractivity contribution in [2.24, 2.45) is 0 Å². The van der Waals surface area contributed by atoms with E-state index >= 15 is 0 Å². The van der Waals surface area contributed by atoms with Gasteiger partial charge in [-0.15, -0.1) is 0 Å². The summed E-state index contributed by atoms with van der Waals surface area (Å²) >= 11 is 5.85. The van der Waals surface area contributed by atoms with Crippen LogP contribution in [0.1, 0.15) is 12.0 Å². The summed E-state index contributed by atoms with van der Waals surface area (Å²) in [6, 6.07) is 15.5. The zero-order valence-corrected chi connectivity index (χ0v) is 15.2. The molecule has 0 aliphatic carbocycles. The quantitative estimate of drug-likeness (QED) is 0.757. The van der Waals surface area contributed by atoms with Crippen molar-refractivity contribution in [3.05, 3.63) is 59.1 Å². The van der Waals surface area contributed by atoms with Crippen LogP contribution in [0.4, 0.5) is 5.69 Å². The molecule has 0 unspecified atom stereocenters. The molecule has 0 N–H and O–H groups in total. The van der Waals surface area contributed by atoms with Gasteiger partial charge in [0, 0.05) is 36.8 Å². The average molecular weight is 359 g/mol. The maximum absolute atomic E-state index is 12.5. The van der Waals surface area contributed by atoms with Crippen LogP contribution in [0, 0.1) is 0 Å². The zero-order chi connectivity index (χ0) is 17.6. The Morgan fingerprint density at radius 2 is 1.92 bits per heavy atom. The van der Waals surface area contributed by atoms with Crippen LogP contribution in [-0.2, 0) is 11.2 Å². The largest absolute Gasteiger partial charge is 0.492 e. The highest BCUT2D eigenvalue weighted by Gasteiger charge is 2.23. The fourth-order valence-electron chi connectivity index (χ4n) is 2.98. The molecule has 4 nitrogen and oxygen atoms in total. The Labute approximate surface area is 154 Å². The van der Waals surface area contributed by atoms with Crippen LogP contribution in [0.15, 0.2) is 48.5 Å². The first kappa shape index (κ1) is 17.8. The second-order valence-corrected chi connectivity index (χ2v) is 6.72. The van der Waals surface area contributed by atoms with Gasteiger partial charge in [-0.05, 0) is 49.4 Å². The number of nitrogens with zero attached hydrogens (tertiary/aromatic N) is 2. The number of fused-ring (bicyclic) bond motifs is 1. The average Bonchev–Trinajstić information content (AvgIpc) is 3.05. The Morgan fingerprint density at radius 1 is 1.16 bits per heavy atom. The Kier molecular flexibility index (Phi) is 5.95. The zero-order valence-electron chi connectivity index (χ0n) is 14.5. The molecule has 0 saturated heterocycles. The van der Waals surface area contributed by atoms with Gasteiger partial charge >= 0.3 is 0 Å². The van der Waals surface area contributed by atoms with E-state index < -0.39 is 0 Å². The minimum Gasteiger partial charge on any atom is -0.492 e. The third-order valence-electron chi connectivity index (χ3n) is 4.45. The van der Waals surface area contributed by atoms with Crippen molar-refractivity contribution in [2.45, 2.75) is 12.8 Å². The Hall–Kier alpha value is -2.04. The van der Waals surface area contributed by atoms with E-state index in [4.69, 9.17) is 16.3 Å². The predicted octanol–water partition coefficient (Wildman–Crippen LogP) is 3.63. The molecule has 132 valence electrons. The lowest BCUT2D eigenvalue weighted by Gasteiger charge is -2.20. The van der Waals surface area contributed by atoms with E-state index in [1.165, 1.54) is 5.56 Å². The van der Waals surface area contributed by atoms with Crippen molar-refractivity contribution in [2.75, 3.05) is 38.2 Å². The van der Waals surface area contributed by atoms with Gasteiger partial charge in [-0.2, -0.15) is 0 Å². The van der Waals surface area contributed by atoms with Crippen LogP contribution in [0.3, 0.4) is 0 Å². The van der Waals surface area contributed by atoms with Crippen molar-refractivity contribution < 1.29 is 9.53 Å². The van der Waals surface area contributed by atoms with E-state index in [1.807, 2.05) is 54.4 Å². The van der Waals surface area contributed by atoms with Crippen molar-refractivity contribution >= 4 is 23.2 Å². The van der Waals surface area contributed by atoms with Gasteiger partial charge in [0.25, 0.3) is 0 Å². The molecule has 0 saturated carbocycles. The molecule has 1 aliphatic rings. The molecule has 0 aromatic heterocycles. The maximum atomic E-state index is 12.5. The number of para-hydroxylation sites is 1. The summed E-state index contributed by atoms with van der Waals surface area (Å²) in [6.07, 6.45) is 1.47. The van der Waals surface area contributed by atoms with E-state index in [0.717, 1.165) is 37.5 Å². The number of anilines is 1. The minimum absolute atomic E-state index is 0.190. The van der Waals surface area contributed by atoms with Gasteiger partial charge in [-0.25, -0.2) is 0 Å². The number of rotatable bonds is 7. The van der Waals surface area contributed by atoms with Gasteiger partial charge in [0.05, 0.1) is 0 Å². The van der Waals surface area contributed by atoms with Gasteiger partial charge in [0.2, 0.25) is 5.91 Å². The molecule has 3 rings (SSSR count). The first-order valence-electron chi connectivity index (χ1n) is 8.58. The first-order valence-corrected chi connectivity index (χ1v) is 8.96. The summed E-state index contributed by atoms with van der Waals surface area (Å²) in [5.74, 6) is 0.998. The number of ether oxygens (including phenoxy) is 1. The van der Waals surface area contributed by atoms with Crippen LogP contribution in [0.25, 0.3) is 0 Å². The van der Waals surface area contributed by atoms with Crippen LogP contribution >= 0.6 is 11.6 Å². The number of amides is 1. The Balaban J connectivity index is 1.39. The lowest BCUT2D eigenvalue weighted by atomic mass is 10.2. The van der Waals surface area contributed by atoms with E-state index in [0.29, 0.717) is 18.1 Å². The molecular weight excluding hydrogens is 336 g/mol. The predicted molar refractivity (Wildman–Crippen MR) is 102 cm³/mol. The van der Waals surface area contributed by atoms with Gasteiger partial charge in [-0.3, -0.25) is 4.79 Å². The van der Waals surface area contributed by atoms with E-state index in [1.54, 1.807) is 0 Å². The number of benzene rings is 2. The highest BCUT2D eigenvalue weighted by molar-refractivity contribution is 6.30. The second kappa shape index (κ2) is 8.37. The smallest absolute Gasteiger partial charge is 0.228 e. The second-order valence-electron chi connectivity index (χ2n) is 6.28. The standard InChI is InChI=1S/C20H23ClN2O2/c1-22(14-15-25-18-8-6-17(21)7-9-18)12-11-20(24)23-13-10-16-4-2-3-5-19(16)23/h2-9H,10-15H2,1H3. The monoisotopic (exact) mass is 358 g/mol. The number of hydrogen-bond donors (Lipinski definition) is 0. The normalized spacial score (nSPS) is 13.2.